The van der Waals surface area contributed by atoms with Crippen LogP contribution in [-0.2, 0) is 11.4 Å². The molecule has 1 aliphatic heterocycles. The highest BCUT2D eigenvalue weighted by Gasteiger charge is 2.24. The van der Waals surface area contributed by atoms with Crippen LogP contribution in [-0.4, -0.2) is 11.1 Å². The summed E-state index contributed by atoms with van der Waals surface area (Å²) in [5, 5.41) is 4.50. The largest absolute Gasteiger partial charge is 0.489 e. The minimum Gasteiger partial charge on any atom is -0.489 e. The van der Waals surface area contributed by atoms with Gasteiger partial charge in [-0.05, 0) is 65.4 Å². The number of para-hydroxylation sites is 1. The van der Waals surface area contributed by atoms with Gasteiger partial charge in [0.2, 0.25) is 0 Å². The Balaban J connectivity index is 1.41. The van der Waals surface area contributed by atoms with Crippen molar-refractivity contribution in [1.29, 1.82) is 0 Å². The number of aliphatic imine (C=N–C) groups is 1. The number of carbonyl (C=O) groups excluding carboxylic acids is 1. The second kappa shape index (κ2) is 9.39. The third kappa shape index (κ3) is 5.25. The monoisotopic (exact) mass is 454 g/mol. The number of hydrogen-bond donors (Lipinski definition) is 1. The second-order valence-electron chi connectivity index (χ2n) is 6.42. The van der Waals surface area contributed by atoms with Crippen LogP contribution in [0, 0.1) is 0 Å². The average molecular weight is 455 g/mol. The van der Waals surface area contributed by atoms with Crippen molar-refractivity contribution in [3.05, 3.63) is 98.9 Å². The van der Waals surface area contributed by atoms with Crippen molar-refractivity contribution in [2.75, 3.05) is 0 Å². The maximum absolute atomic E-state index is 12.3. The molecular weight excluding hydrogens is 439 g/mol. The molecule has 7 heteroatoms. The van der Waals surface area contributed by atoms with Crippen molar-refractivity contribution in [1.82, 2.24) is 5.32 Å². The summed E-state index contributed by atoms with van der Waals surface area (Å²) in [6, 6.07) is 22.3. The number of amidine groups is 1. The summed E-state index contributed by atoms with van der Waals surface area (Å²) in [7, 11) is 0. The minimum atomic E-state index is -0.186. The first-order chi connectivity index (χ1) is 14.6. The molecule has 4 nitrogen and oxygen atoms in total. The molecule has 1 amide bonds. The van der Waals surface area contributed by atoms with E-state index in [1.807, 2.05) is 66.7 Å². The molecule has 0 unspecified atom stereocenters. The van der Waals surface area contributed by atoms with Gasteiger partial charge < -0.3 is 10.1 Å². The standard InChI is InChI=1S/C23H16Cl2N2O2S/c24-17-9-5-16(6-10-17)14-29-18-11-7-15(8-12-18)13-21-22(28)27-23(30-21)26-20-4-2-1-3-19(20)25/h1-13H,14H2,(H,26,27,28). The predicted molar refractivity (Wildman–Crippen MR) is 124 cm³/mol. The summed E-state index contributed by atoms with van der Waals surface area (Å²) in [4.78, 5) is 17.3. The van der Waals surface area contributed by atoms with Gasteiger partial charge in [0.15, 0.2) is 5.17 Å². The molecule has 0 atom stereocenters. The number of rotatable bonds is 5. The Labute approximate surface area is 188 Å². The van der Waals surface area contributed by atoms with Crippen LogP contribution in [0.15, 0.2) is 82.7 Å². The lowest BCUT2D eigenvalue weighted by Gasteiger charge is -2.06. The number of nitrogens with zero attached hydrogens (tertiary/aromatic N) is 1. The number of hydrogen-bond acceptors (Lipinski definition) is 4. The molecule has 150 valence electrons. The molecule has 3 aromatic carbocycles. The molecule has 30 heavy (non-hydrogen) atoms. The molecule has 0 spiro atoms. The zero-order chi connectivity index (χ0) is 20.9. The van der Waals surface area contributed by atoms with Gasteiger partial charge in [0, 0.05) is 5.02 Å². The Bertz CT molecular complexity index is 1130. The Hall–Kier alpha value is -2.73. The number of halogens is 2. The molecule has 0 radical (unpaired) electrons. The first-order valence-corrected chi connectivity index (χ1v) is 10.7. The molecule has 0 aliphatic carbocycles. The van der Waals surface area contributed by atoms with Crippen molar-refractivity contribution < 1.29 is 9.53 Å². The summed E-state index contributed by atoms with van der Waals surface area (Å²) in [6.45, 7) is 0.456. The van der Waals surface area contributed by atoms with Crippen LogP contribution >= 0.6 is 35.0 Å². The lowest BCUT2D eigenvalue weighted by molar-refractivity contribution is -0.115. The van der Waals surface area contributed by atoms with E-state index in [2.05, 4.69) is 10.3 Å². The van der Waals surface area contributed by atoms with Gasteiger partial charge in [0.25, 0.3) is 5.91 Å². The van der Waals surface area contributed by atoms with Gasteiger partial charge >= 0.3 is 0 Å². The Kier molecular flexibility index (Phi) is 6.43. The maximum atomic E-state index is 12.3. The first-order valence-electron chi connectivity index (χ1n) is 9.08. The topological polar surface area (TPSA) is 50.7 Å². The van der Waals surface area contributed by atoms with E-state index in [9.17, 15) is 4.79 Å². The number of carbonyl (C=O) groups is 1. The van der Waals surface area contributed by atoms with Crippen molar-refractivity contribution in [3.63, 3.8) is 0 Å². The third-order valence-corrected chi connectivity index (χ3v) is 5.70. The van der Waals surface area contributed by atoms with Gasteiger partial charge in [-0.3, -0.25) is 4.79 Å². The quantitative estimate of drug-likeness (QED) is 0.449. The third-order valence-electron chi connectivity index (χ3n) is 4.22. The lowest BCUT2D eigenvalue weighted by Crippen LogP contribution is -2.19. The van der Waals surface area contributed by atoms with Gasteiger partial charge in [-0.2, -0.15) is 0 Å². The van der Waals surface area contributed by atoms with Gasteiger partial charge in [-0.25, -0.2) is 4.99 Å². The molecule has 1 heterocycles. The fraction of sp³-hybridized carbons (Fsp3) is 0.0435. The molecule has 1 aliphatic rings. The molecule has 1 saturated heterocycles. The van der Waals surface area contributed by atoms with Gasteiger partial charge in [-0.1, -0.05) is 59.6 Å². The highest BCUT2D eigenvalue weighted by Crippen LogP contribution is 2.31. The lowest BCUT2D eigenvalue weighted by atomic mass is 10.2. The predicted octanol–water partition coefficient (Wildman–Crippen LogP) is 6.46. The van der Waals surface area contributed by atoms with Gasteiger partial charge in [0.05, 0.1) is 15.6 Å². The van der Waals surface area contributed by atoms with Crippen LogP contribution in [0.1, 0.15) is 11.1 Å². The molecule has 0 saturated carbocycles. The first kappa shape index (κ1) is 20.5. The Morgan fingerprint density at radius 1 is 0.967 bits per heavy atom. The fourth-order valence-corrected chi connectivity index (χ4v) is 3.83. The van der Waals surface area contributed by atoms with E-state index in [4.69, 9.17) is 27.9 Å². The number of nitrogens with one attached hydrogen (secondary N) is 1. The normalized spacial score (nSPS) is 16.1. The maximum Gasteiger partial charge on any atom is 0.264 e. The smallest absolute Gasteiger partial charge is 0.264 e. The van der Waals surface area contributed by atoms with Crippen LogP contribution in [0.25, 0.3) is 6.08 Å². The zero-order valence-corrected chi connectivity index (χ0v) is 18.0. The second-order valence-corrected chi connectivity index (χ2v) is 8.29. The van der Waals surface area contributed by atoms with E-state index in [0.29, 0.717) is 32.4 Å². The highest BCUT2D eigenvalue weighted by molar-refractivity contribution is 8.18. The fourth-order valence-electron chi connectivity index (χ4n) is 2.69. The molecule has 4 rings (SSSR count). The summed E-state index contributed by atoms with van der Waals surface area (Å²) in [5.41, 5.74) is 2.55. The molecule has 0 aromatic heterocycles. The summed E-state index contributed by atoms with van der Waals surface area (Å²) in [6.07, 6.45) is 1.82. The number of amides is 1. The molecule has 0 bridgehead atoms. The van der Waals surface area contributed by atoms with E-state index in [-0.39, 0.29) is 5.91 Å². The minimum absolute atomic E-state index is 0.186. The van der Waals surface area contributed by atoms with Crippen LogP contribution < -0.4 is 10.1 Å². The molecule has 1 N–H and O–H groups in total. The van der Waals surface area contributed by atoms with E-state index in [0.717, 1.165) is 16.9 Å². The van der Waals surface area contributed by atoms with Crippen LogP contribution in [0.4, 0.5) is 5.69 Å². The van der Waals surface area contributed by atoms with Crippen molar-refractivity contribution >= 4 is 57.8 Å². The Morgan fingerprint density at radius 3 is 2.43 bits per heavy atom. The average Bonchev–Trinajstić information content (AvgIpc) is 3.09. The Morgan fingerprint density at radius 2 is 1.70 bits per heavy atom. The highest BCUT2D eigenvalue weighted by atomic mass is 35.5. The van der Waals surface area contributed by atoms with Crippen LogP contribution in [0.5, 0.6) is 5.75 Å². The molecule has 1 fully saturated rings. The van der Waals surface area contributed by atoms with E-state index in [1.54, 1.807) is 12.1 Å². The summed E-state index contributed by atoms with van der Waals surface area (Å²) in [5.74, 6) is 0.561. The number of benzene rings is 3. The van der Waals surface area contributed by atoms with E-state index >= 15 is 0 Å². The SMILES string of the molecule is O=C1NC(=Nc2ccccc2Cl)SC1=Cc1ccc(OCc2ccc(Cl)cc2)cc1. The van der Waals surface area contributed by atoms with Crippen LogP contribution in [0.2, 0.25) is 10.0 Å². The molecular formula is C23H16Cl2N2O2S. The van der Waals surface area contributed by atoms with Gasteiger partial charge in [-0.15, -0.1) is 0 Å². The molecule has 3 aromatic rings. The van der Waals surface area contributed by atoms with Crippen LogP contribution in [0.3, 0.4) is 0 Å². The summed E-state index contributed by atoms with van der Waals surface area (Å²) < 4.78 is 5.79. The van der Waals surface area contributed by atoms with Crippen molar-refractivity contribution in [3.8, 4) is 5.75 Å². The van der Waals surface area contributed by atoms with E-state index < -0.39 is 0 Å². The van der Waals surface area contributed by atoms with E-state index in [1.165, 1.54) is 11.8 Å². The number of ether oxygens (including phenoxy) is 1. The summed E-state index contributed by atoms with van der Waals surface area (Å²) >= 11 is 13.3. The van der Waals surface area contributed by atoms with Crippen molar-refractivity contribution in [2.45, 2.75) is 6.61 Å². The number of thioether (sulfide) groups is 1. The van der Waals surface area contributed by atoms with Gasteiger partial charge in [0.1, 0.15) is 12.4 Å². The van der Waals surface area contributed by atoms with Crippen molar-refractivity contribution in [2.24, 2.45) is 4.99 Å². The zero-order valence-electron chi connectivity index (χ0n) is 15.6.